The van der Waals surface area contributed by atoms with Gasteiger partial charge < -0.3 is 14.8 Å². The molecule has 0 saturated carbocycles. The number of carbonyl (C=O) groups excluding carboxylic acids is 1. The summed E-state index contributed by atoms with van der Waals surface area (Å²) in [6, 6.07) is 33.0. The van der Waals surface area contributed by atoms with E-state index in [0.29, 0.717) is 19.0 Å². The molecule has 0 radical (unpaired) electrons. The Morgan fingerprint density at radius 2 is 1.62 bits per heavy atom. The van der Waals surface area contributed by atoms with Gasteiger partial charge >= 0.3 is 6.03 Å². The maximum absolute atomic E-state index is 14.0. The normalized spacial score (nSPS) is 14.5. The summed E-state index contributed by atoms with van der Waals surface area (Å²) in [5.74, 6) is 1.42. The van der Waals surface area contributed by atoms with Gasteiger partial charge in [0.1, 0.15) is 5.82 Å². The number of hydrogen-bond donors (Lipinski definition) is 1. The topological polar surface area (TPSA) is 55.1 Å². The fraction of sp³-hybridized carbons (Fsp3) is 0.235. The van der Waals surface area contributed by atoms with Crippen LogP contribution < -0.4 is 5.32 Å². The largest absolute Gasteiger partial charge is 0.338 e. The molecule has 1 N–H and O–H groups in total. The zero-order valence-electron chi connectivity index (χ0n) is 23.3. The van der Waals surface area contributed by atoms with Crippen molar-refractivity contribution in [3.05, 3.63) is 137 Å². The molecule has 202 valence electrons. The second-order valence-corrected chi connectivity index (χ2v) is 10.8. The van der Waals surface area contributed by atoms with E-state index in [1.165, 1.54) is 11.1 Å². The van der Waals surface area contributed by atoms with Gasteiger partial charge in [0, 0.05) is 18.3 Å². The van der Waals surface area contributed by atoms with Crippen molar-refractivity contribution in [2.24, 2.45) is 0 Å². The number of nitrogens with zero attached hydrogens (tertiary/aromatic N) is 4. The average Bonchev–Trinajstić information content (AvgIpc) is 3.54. The summed E-state index contributed by atoms with van der Waals surface area (Å²) in [4.78, 5) is 16.0. The van der Waals surface area contributed by atoms with Crippen LogP contribution >= 0.6 is 0 Å². The minimum absolute atomic E-state index is 0.0821. The highest BCUT2D eigenvalue weighted by molar-refractivity contribution is 5.76. The Hall–Kier alpha value is -4.58. The number of para-hydroxylation sites is 1. The quantitative estimate of drug-likeness (QED) is 0.259. The minimum Gasteiger partial charge on any atom is -0.338 e. The van der Waals surface area contributed by atoms with E-state index in [2.05, 4.69) is 90.6 Å². The molecule has 5 aromatic rings. The number of urea groups is 1. The molecule has 0 saturated heterocycles. The average molecular weight is 530 g/mol. The van der Waals surface area contributed by atoms with Crippen LogP contribution in [0.15, 0.2) is 103 Å². The van der Waals surface area contributed by atoms with E-state index in [1.54, 1.807) is 0 Å². The monoisotopic (exact) mass is 529 g/mol. The van der Waals surface area contributed by atoms with Crippen molar-refractivity contribution in [1.29, 1.82) is 0 Å². The molecule has 0 spiro atoms. The number of fused-ring (bicyclic) bond motifs is 3. The summed E-state index contributed by atoms with van der Waals surface area (Å²) in [5, 5.41) is 8.16. The number of rotatable bonds is 6. The van der Waals surface area contributed by atoms with Crippen molar-refractivity contribution in [3.63, 3.8) is 0 Å². The van der Waals surface area contributed by atoms with Crippen LogP contribution in [0, 0.1) is 6.92 Å². The van der Waals surface area contributed by atoms with E-state index in [1.807, 2.05) is 52.9 Å². The maximum atomic E-state index is 14.0. The highest BCUT2D eigenvalue weighted by Gasteiger charge is 2.35. The van der Waals surface area contributed by atoms with E-state index in [-0.39, 0.29) is 12.1 Å². The van der Waals surface area contributed by atoms with Crippen LogP contribution in [0.5, 0.6) is 0 Å². The summed E-state index contributed by atoms with van der Waals surface area (Å²) < 4.78 is 4.21. The Labute approximate surface area is 235 Å². The molecule has 0 unspecified atom stereocenters. The Bertz CT molecular complexity index is 1600. The maximum Gasteiger partial charge on any atom is 0.318 e. The minimum atomic E-state index is -0.260. The molecular weight excluding hydrogens is 494 g/mol. The molecule has 0 fully saturated rings. The van der Waals surface area contributed by atoms with Gasteiger partial charge in [0.25, 0.3) is 0 Å². The lowest BCUT2D eigenvalue weighted by molar-refractivity contribution is 0.180. The SMILES string of the molecule is Cc1nn(-c2ccccc2)c2c1CN(C(=O)NCCc1ccccc1)[C@H](c1ccc(C(C)C)cc1)c1cccn1-2. The van der Waals surface area contributed by atoms with Gasteiger partial charge in [0.15, 0.2) is 0 Å². The van der Waals surface area contributed by atoms with Crippen LogP contribution in [-0.4, -0.2) is 31.8 Å². The van der Waals surface area contributed by atoms with Crippen molar-refractivity contribution < 1.29 is 4.79 Å². The van der Waals surface area contributed by atoms with E-state index in [9.17, 15) is 4.79 Å². The number of aromatic nitrogens is 3. The van der Waals surface area contributed by atoms with Gasteiger partial charge in [-0.3, -0.25) is 0 Å². The van der Waals surface area contributed by atoms with Crippen molar-refractivity contribution in [2.75, 3.05) is 6.54 Å². The molecule has 3 aromatic carbocycles. The van der Waals surface area contributed by atoms with E-state index in [4.69, 9.17) is 5.10 Å². The van der Waals surface area contributed by atoms with E-state index in [0.717, 1.165) is 40.4 Å². The molecule has 6 rings (SSSR count). The molecule has 6 heteroatoms. The predicted octanol–water partition coefficient (Wildman–Crippen LogP) is 6.95. The van der Waals surface area contributed by atoms with Crippen molar-refractivity contribution in [3.8, 4) is 11.5 Å². The fourth-order valence-electron chi connectivity index (χ4n) is 5.62. The van der Waals surface area contributed by atoms with Gasteiger partial charge in [0.2, 0.25) is 0 Å². The summed E-state index contributed by atoms with van der Waals surface area (Å²) in [7, 11) is 0. The first-order valence-corrected chi connectivity index (χ1v) is 14.0. The molecule has 1 aliphatic heterocycles. The number of nitrogens with one attached hydrogen (secondary N) is 1. The van der Waals surface area contributed by atoms with Gasteiger partial charge in [-0.1, -0.05) is 86.6 Å². The second kappa shape index (κ2) is 10.9. The third-order valence-corrected chi connectivity index (χ3v) is 7.80. The standard InChI is InChI=1S/C34H35N5O/c1-24(2)27-16-18-28(19-17-27)32-31-15-10-22-37(31)33-30(25(3)36-39(33)29-13-8-5-9-14-29)23-38(32)34(40)35-21-20-26-11-6-4-7-12-26/h4-19,22,24,32H,20-21,23H2,1-3H3,(H,35,40)/t32-/m1/s1. The first-order chi connectivity index (χ1) is 19.5. The van der Waals surface area contributed by atoms with Crippen molar-refractivity contribution in [1.82, 2.24) is 24.6 Å². The lowest BCUT2D eigenvalue weighted by Crippen LogP contribution is -2.42. The highest BCUT2D eigenvalue weighted by Crippen LogP contribution is 2.38. The number of hydrogen-bond acceptors (Lipinski definition) is 2. The molecule has 1 atom stereocenters. The third kappa shape index (κ3) is 4.81. The molecule has 2 amide bonds. The molecule has 3 heterocycles. The predicted molar refractivity (Wildman–Crippen MR) is 159 cm³/mol. The first-order valence-electron chi connectivity index (χ1n) is 14.0. The Morgan fingerprint density at radius 3 is 2.33 bits per heavy atom. The molecule has 2 aromatic heterocycles. The number of aryl methyl sites for hydroxylation is 1. The first kappa shape index (κ1) is 25.7. The highest BCUT2D eigenvalue weighted by atomic mass is 16.2. The summed E-state index contributed by atoms with van der Waals surface area (Å²) in [6.45, 7) is 7.45. The van der Waals surface area contributed by atoms with Gasteiger partial charge in [-0.15, -0.1) is 0 Å². The Kier molecular flexibility index (Phi) is 6.99. The van der Waals surface area contributed by atoms with Crippen LogP contribution in [0.1, 0.15) is 59.4 Å². The number of amides is 2. The van der Waals surface area contributed by atoms with Gasteiger partial charge in [-0.05, 0) is 60.2 Å². The van der Waals surface area contributed by atoms with Crippen LogP contribution in [0.4, 0.5) is 4.79 Å². The summed E-state index contributed by atoms with van der Waals surface area (Å²) in [6.07, 6.45) is 2.86. The van der Waals surface area contributed by atoms with Gasteiger partial charge in [-0.25, -0.2) is 9.48 Å². The molecule has 40 heavy (non-hydrogen) atoms. The smallest absolute Gasteiger partial charge is 0.318 e. The number of benzene rings is 3. The lowest BCUT2D eigenvalue weighted by Gasteiger charge is -2.31. The molecule has 1 aliphatic rings. The zero-order valence-corrected chi connectivity index (χ0v) is 23.3. The Morgan fingerprint density at radius 1 is 0.925 bits per heavy atom. The third-order valence-electron chi connectivity index (χ3n) is 7.80. The fourth-order valence-corrected chi connectivity index (χ4v) is 5.62. The van der Waals surface area contributed by atoms with Crippen molar-refractivity contribution in [2.45, 2.75) is 45.7 Å². The van der Waals surface area contributed by atoms with Crippen LogP contribution in [0.3, 0.4) is 0 Å². The zero-order chi connectivity index (χ0) is 27.6. The second-order valence-electron chi connectivity index (χ2n) is 10.8. The molecule has 0 bridgehead atoms. The Balaban J connectivity index is 1.43. The van der Waals surface area contributed by atoms with Gasteiger partial charge in [-0.2, -0.15) is 5.10 Å². The van der Waals surface area contributed by atoms with Gasteiger partial charge in [0.05, 0.1) is 29.7 Å². The summed E-state index contributed by atoms with van der Waals surface area (Å²) in [5.41, 5.74) is 7.55. The van der Waals surface area contributed by atoms with E-state index < -0.39 is 0 Å². The van der Waals surface area contributed by atoms with Crippen LogP contribution in [0.2, 0.25) is 0 Å². The lowest BCUT2D eigenvalue weighted by atomic mass is 9.97. The number of carbonyl (C=O) groups is 1. The van der Waals surface area contributed by atoms with E-state index >= 15 is 0 Å². The molecule has 6 nitrogen and oxygen atoms in total. The van der Waals surface area contributed by atoms with Crippen LogP contribution in [-0.2, 0) is 13.0 Å². The summed E-state index contributed by atoms with van der Waals surface area (Å²) >= 11 is 0. The molecule has 0 aliphatic carbocycles. The molecular formula is C34H35N5O. The van der Waals surface area contributed by atoms with Crippen molar-refractivity contribution >= 4 is 6.03 Å². The van der Waals surface area contributed by atoms with Crippen LogP contribution in [0.25, 0.3) is 11.5 Å².